The first-order chi connectivity index (χ1) is 11.7. The Hall–Kier alpha value is -2.53. The van der Waals surface area contributed by atoms with Gasteiger partial charge in [0.05, 0.1) is 10.2 Å². The van der Waals surface area contributed by atoms with E-state index < -0.39 is 0 Å². The van der Waals surface area contributed by atoms with Crippen molar-refractivity contribution in [1.82, 2.24) is 0 Å². The van der Waals surface area contributed by atoms with E-state index in [9.17, 15) is 4.79 Å². The molecule has 2 aromatic carbocycles. The first kappa shape index (κ1) is 17.8. The molecular weight excluding hydrogens is 370 g/mol. The van der Waals surface area contributed by atoms with Gasteiger partial charge in [0.1, 0.15) is 24.7 Å². The van der Waals surface area contributed by atoms with E-state index >= 15 is 0 Å². The van der Waals surface area contributed by atoms with E-state index in [0.717, 1.165) is 0 Å². The average Bonchev–Trinajstić information content (AvgIpc) is 2.60. The first-order valence-electron chi connectivity index (χ1n) is 7.33. The fraction of sp³-hybridized carbons (Fsp3) is 0.105. The molecule has 0 unspecified atom stereocenters. The van der Waals surface area contributed by atoms with E-state index in [1.54, 1.807) is 42.5 Å². The minimum atomic E-state index is -0.236. The fourth-order valence-corrected chi connectivity index (χ4v) is 2.44. The molecule has 0 spiro atoms. The maximum Gasteiger partial charge on any atom is 0.255 e. The molecule has 0 aliphatic rings. The van der Waals surface area contributed by atoms with Crippen LogP contribution in [-0.4, -0.2) is 19.1 Å². The number of anilines is 1. The Balaban J connectivity index is 2.14. The number of rotatable bonds is 8. The lowest BCUT2D eigenvalue weighted by molar-refractivity contribution is 0.102. The van der Waals surface area contributed by atoms with Gasteiger partial charge in [-0.3, -0.25) is 4.79 Å². The molecule has 1 amide bonds. The molecule has 0 aliphatic carbocycles. The van der Waals surface area contributed by atoms with Crippen LogP contribution in [0.1, 0.15) is 10.4 Å². The number of amides is 1. The van der Waals surface area contributed by atoms with E-state index in [1.807, 2.05) is 12.1 Å². The molecule has 0 atom stereocenters. The molecule has 0 saturated carbocycles. The predicted molar refractivity (Wildman–Crippen MR) is 99.9 cm³/mol. The molecule has 4 nitrogen and oxygen atoms in total. The maximum atomic E-state index is 12.5. The summed E-state index contributed by atoms with van der Waals surface area (Å²) in [6, 6.07) is 12.4. The lowest BCUT2D eigenvalue weighted by Gasteiger charge is -2.12. The average molecular weight is 388 g/mol. The van der Waals surface area contributed by atoms with Crippen LogP contribution in [0.4, 0.5) is 5.69 Å². The molecule has 0 heterocycles. The Labute approximate surface area is 149 Å². The van der Waals surface area contributed by atoms with Gasteiger partial charge in [0.15, 0.2) is 0 Å². The molecule has 5 heteroatoms. The third kappa shape index (κ3) is 4.73. The van der Waals surface area contributed by atoms with Crippen molar-refractivity contribution >= 4 is 27.5 Å². The van der Waals surface area contributed by atoms with Gasteiger partial charge in [-0.05, 0) is 46.3 Å². The highest BCUT2D eigenvalue weighted by atomic mass is 79.9. The number of benzene rings is 2. The lowest BCUT2D eigenvalue weighted by atomic mass is 10.2. The van der Waals surface area contributed by atoms with E-state index in [2.05, 4.69) is 34.4 Å². The third-order valence-corrected chi connectivity index (χ3v) is 3.66. The number of carbonyl (C=O) groups is 1. The molecule has 0 aromatic heterocycles. The van der Waals surface area contributed by atoms with Gasteiger partial charge in [0.25, 0.3) is 5.91 Å². The van der Waals surface area contributed by atoms with Crippen LogP contribution in [0, 0.1) is 0 Å². The Kier molecular flexibility index (Phi) is 6.63. The van der Waals surface area contributed by atoms with Crippen molar-refractivity contribution in [1.29, 1.82) is 0 Å². The molecule has 0 bridgehead atoms. The monoisotopic (exact) mass is 387 g/mol. The van der Waals surface area contributed by atoms with Crippen molar-refractivity contribution in [3.8, 4) is 11.5 Å². The van der Waals surface area contributed by atoms with Crippen molar-refractivity contribution in [3.05, 3.63) is 77.8 Å². The Bertz CT molecular complexity index is 743. The summed E-state index contributed by atoms with van der Waals surface area (Å²) < 4.78 is 11.7. The summed E-state index contributed by atoms with van der Waals surface area (Å²) in [6.45, 7) is 7.99. The molecule has 0 aliphatic heterocycles. The largest absolute Gasteiger partial charge is 0.488 e. The van der Waals surface area contributed by atoms with E-state index in [1.165, 1.54) is 0 Å². The minimum absolute atomic E-state index is 0.236. The second-order valence-electron chi connectivity index (χ2n) is 4.79. The van der Waals surface area contributed by atoms with Crippen molar-refractivity contribution in [2.75, 3.05) is 18.5 Å². The molecule has 0 saturated heterocycles. The van der Waals surface area contributed by atoms with Crippen LogP contribution in [-0.2, 0) is 0 Å². The SMILES string of the molecule is C=CCOc1ccc(C(=O)Nc2ccccc2OCC=C)cc1Br. The number of hydrogen-bond acceptors (Lipinski definition) is 3. The Morgan fingerprint density at radius 3 is 2.38 bits per heavy atom. The van der Waals surface area contributed by atoms with Gasteiger partial charge in [-0.1, -0.05) is 37.4 Å². The fourth-order valence-electron chi connectivity index (χ4n) is 1.95. The van der Waals surface area contributed by atoms with Crippen LogP contribution in [0.25, 0.3) is 0 Å². The summed E-state index contributed by atoms with van der Waals surface area (Å²) in [5.41, 5.74) is 1.11. The zero-order valence-electron chi connectivity index (χ0n) is 13.1. The standard InChI is InChI=1S/C19H18BrNO3/c1-3-11-23-17-10-9-14(13-15(17)20)19(22)21-16-7-5-6-8-18(16)24-12-4-2/h3-10,13H,1-2,11-12H2,(H,21,22). The van der Waals surface area contributed by atoms with Gasteiger partial charge in [-0.25, -0.2) is 0 Å². The topological polar surface area (TPSA) is 47.6 Å². The van der Waals surface area contributed by atoms with Crippen molar-refractivity contribution in [2.45, 2.75) is 0 Å². The zero-order chi connectivity index (χ0) is 17.4. The van der Waals surface area contributed by atoms with E-state index in [4.69, 9.17) is 9.47 Å². The normalized spacial score (nSPS) is 9.88. The summed E-state index contributed by atoms with van der Waals surface area (Å²) in [6.07, 6.45) is 3.31. The molecular formula is C19H18BrNO3. The number of para-hydroxylation sites is 2. The highest BCUT2D eigenvalue weighted by Crippen LogP contribution is 2.28. The first-order valence-corrected chi connectivity index (χ1v) is 8.12. The predicted octanol–water partition coefficient (Wildman–Crippen LogP) is 4.83. The maximum absolute atomic E-state index is 12.5. The summed E-state index contributed by atoms with van der Waals surface area (Å²) in [5, 5.41) is 2.85. The van der Waals surface area contributed by atoms with Crippen LogP contribution in [0.15, 0.2) is 72.2 Å². The van der Waals surface area contributed by atoms with Crippen molar-refractivity contribution in [3.63, 3.8) is 0 Å². The molecule has 0 fully saturated rings. The minimum Gasteiger partial charge on any atom is -0.488 e. The van der Waals surface area contributed by atoms with Crippen molar-refractivity contribution < 1.29 is 14.3 Å². The number of ether oxygens (including phenoxy) is 2. The quantitative estimate of drug-likeness (QED) is 0.659. The molecule has 2 rings (SSSR count). The third-order valence-electron chi connectivity index (χ3n) is 3.04. The summed E-state index contributed by atoms with van der Waals surface area (Å²) >= 11 is 3.40. The molecule has 124 valence electrons. The highest BCUT2D eigenvalue weighted by molar-refractivity contribution is 9.10. The molecule has 2 aromatic rings. The number of hydrogen-bond donors (Lipinski definition) is 1. The van der Waals surface area contributed by atoms with Gasteiger partial charge in [-0.2, -0.15) is 0 Å². The smallest absolute Gasteiger partial charge is 0.255 e. The lowest BCUT2D eigenvalue weighted by Crippen LogP contribution is -2.13. The number of carbonyl (C=O) groups excluding carboxylic acids is 1. The zero-order valence-corrected chi connectivity index (χ0v) is 14.7. The van der Waals surface area contributed by atoms with Gasteiger partial charge < -0.3 is 14.8 Å². The van der Waals surface area contributed by atoms with E-state index in [0.29, 0.717) is 40.4 Å². The number of halogens is 1. The van der Waals surface area contributed by atoms with Gasteiger partial charge in [-0.15, -0.1) is 0 Å². The van der Waals surface area contributed by atoms with Crippen LogP contribution < -0.4 is 14.8 Å². The Morgan fingerprint density at radius 2 is 1.71 bits per heavy atom. The van der Waals surface area contributed by atoms with Crippen LogP contribution >= 0.6 is 15.9 Å². The Morgan fingerprint density at radius 1 is 1.04 bits per heavy atom. The van der Waals surface area contributed by atoms with Crippen LogP contribution in [0.3, 0.4) is 0 Å². The molecule has 24 heavy (non-hydrogen) atoms. The van der Waals surface area contributed by atoms with E-state index in [-0.39, 0.29) is 5.91 Å². The van der Waals surface area contributed by atoms with Gasteiger partial charge in [0, 0.05) is 5.56 Å². The summed E-state index contributed by atoms with van der Waals surface area (Å²) in [4.78, 5) is 12.5. The number of nitrogens with one attached hydrogen (secondary N) is 1. The van der Waals surface area contributed by atoms with Gasteiger partial charge >= 0.3 is 0 Å². The second kappa shape index (κ2) is 8.93. The van der Waals surface area contributed by atoms with Gasteiger partial charge in [0.2, 0.25) is 0 Å². The highest BCUT2D eigenvalue weighted by Gasteiger charge is 2.12. The molecule has 1 N–H and O–H groups in total. The molecule has 0 radical (unpaired) electrons. The van der Waals surface area contributed by atoms with Crippen molar-refractivity contribution in [2.24, 2.45) is 0 Å². The summed E-state index contributed by atoms with van der Waals surface area (Å²) in [7, 11) is 0. The van der Waals surface area contributed by atoms with Crippen LogP contribution in [0.2, 0.25) is 0 Å². The van der Waals surface area contributed by atoms with Crippen LogP contribution in [0.5, 0.6) is 11.5 Å². The second-order valence-corrected chi connectivity index (χ2v) is 5.65. The summed E-state index contributed by atoms with van der Waals surface area (Å²) in [5.74, 6) is 1.01.